The highest BCUT2D eigenvalue weighted by Crippen LogP contribution is 2.19. The third-order valence-electron chi connectivity index (χ3n) is 5.45. The van der Waals surface area contributed by atoms with Crippen LogP contribution >= 0.6 is 0 Å². The Balaban J connectivity index is 1.77. The molecule has 30 heavy (non-hydrogen) atoms. The Morgan fingerprint density at radius 2 is 1.67 bits per heavy atom. The van der Waals surface area contributed by atoms with Gasteiger partial charge >= 0.3 is 0 Å². The molecule has 0 saturated carbocycles. The van der Waals surface area contributed by atoms with Gasteiger partial charge in [0.25, 0.3) is 0 Å². The summed E-state index contributed by atoms with van der Waals surface area (Å²) in [4.78, 5) is 32.4. The summed E-state index contributed by atoms with van der Waals surface area (Å²) in [6, 6.07) is 18.2. The summed E-state index contributed by atoms with van der Waals surface area (Å²) in [6.45, 7) is 6.99. The van der Waals surface area contributed by atoms with Crippen molar-refractivity contribution in [1.82, 2.24) is 14.8 Å². The number of nitrogens with one attached hydrogen (secondary N) is 1. The maximum atomic E-state index is 13.2. The molecule has 0 aliphatic heterocycles. The smallest absolute Gasteiger partial charge is 0.242 e. The second kappa shape index (κ2) is 10.1. The first kappa shape index (κ1) is 21.6. The molecular formula is C25H31N3O2. The van der Waals surface area contributed by atoms with Crippen LogP contribution in [0.15, 0.2) is 60.8 Å². The van der Waals surface area contributed by atoms with Crippen LogP contribution in [-0.4, -0.2) is 45.7 Å². The summed E-state index contributed by atoms with van der Waals surface area (Å²) < 4.78 is 0. The molecule has 0 radical (unpaired) electrons. The Morgan fingerprint density at radius 1 is 0.967 bits per heavy atom. The number of para-hydroxylation sites is 1. The van der Waals surface area contributed by atoms with Gasteiger partial charge in [-0.1, -0.05) is 55.5 Å². The van der Waals surface area contributed by atoms with Gasteiger partial charge in [-0.3, -0.25) is 9.59 Å². The van der Waals surface area contributed by atoms with E-state index in [1.165, 1.54) is 10.9 Å². The standard InChI is InChI=1S/C25H31N3O2/c1-4-24(29)28(19(2)3)18-25(30)27(17-20-10-6-5-7-11-20)15-14-21-16-26-23-13-9-8-12-22(21)23/h5-13,16,19,26H,4,14-15,17-18H2,1-3H3. The second-order valence-electron chi connectivity index (χ2n) is 7.88. The summed E-state index contributed by atoms with van der Waals surface area (Å²) in [5.74, 6) is -0.0103. The van der Waals surface area contributed by atoms with E-state index in [-0.39, 0.29) is 24.4 Å². The zero-order valence-corrected chi connectivity index (χ0v) is 18.1. The molecular weight excluding hydrogens is 374 g/mol. The lowest BCUT2D eigenvalue weighted by atomic mass is 10.1. The molecule has 2 amide bonds. The fourth-order valence-electron chi connectivity index (χ4n) is 3.70. The first-order valence-corrected chi connectivity index (χ1v) is 10.7. The predicted molar refractivity (Wildman–Crippen MR) is 121 cm³/mol. The SMILES string of the molecule is CCC(=O)N(CC(=O)N(CCc1c[nH]c2ccccc12)Cc1ccccc1)C(C)C. The van der Waals surface area contributed by atoms with Gasteiger partial charge in [0.2, 0.25) is 11.8 Å². The van der Waals surface area contributed by atoms with Crippen LogP contribution in [0.4, 0.5) is 0 Å². The fourth-order valence-corrected chi connectivity index (χ4v) is 3.70. The molecule has 0 fully saturated rings. The van der Waals surface area contributed by atoms with Crippen LogP contribution in [0.5, 0.6) is 0 Å². The van der Waals surface area contributed by atoms with Crippen molar-refractivity contribution in [3.8, 4) is 0 Å². The predicted octanol–water partition coefficient (Wildman–Crippen LogP) is 4.39. The number of H-pyrrole nitrogens is 1. The molecule has 1 aromatic heterocycles. The number of aromatic nitrogens is 1. The number of hydrogen-bond acceptors (Lipinski definition) is 2. The number of carbonyl (C=O) groups excluding carboxylic acids is 2. The molecule has 3 rings (SSSR count). The fraction of sp³-hybridized carbons (Fsp3) is 0.360. The highest BCUT2D eigenvalue weighted by Gasteiger charge is 2.22. The molecule has 0 unspecified atom stereocenters. The lowest BCUT2D eigenvalue weighted by Gasteiger charge is -2.30. The van der Waals surface area contributed by atoms with Gasteiger partial charge in [-0.05, 0) is 37.5 Å². The maximum absolute atomic E-state index is 13.2. The quantitative estimate of drug-likeness (QED) is 0.574. The Labute approximate surface area is 178 Å². The summed E-state index contributed by atoms with van der Waals surface area (Å²) >= 11 is 0. The van der Waals surface area contributed by atoms with Crippen LogP contribution in [0, 0.1) is 0 Å². The largest absolute Gasteiger partial charge is 0.361 e. The van der Waals surface area contributed by atoms with E-state index in [9.17, 15) is 9.59 Å². The van der Waals surface area contributed by atoms with Crippen LogP contribution in [0.25, 0.3) is 10.9 Å². The highest BCUT2D eigenvalue weighted by molar-refractivity contribution is 5.85. The zero-order chi connectivity index (χ0) is 21.5. The van der Waals surface area contributed by atoms with Gasteiger partial charge in [0.15, 0.2) is 0 Å². The number of carbonyl (C=O) groups is 2. The van der Waals surface area contributed by atoms with Crippen molar-refractivity contribution in [2.45, 2.75) is 46.2 Å². The van der Waals surface area contributed by atoms with Gasteiger partial charge in [0.1, 0.15) is 0 Å². The summed E-state index contributed by atoms with van der Waals surface area (Å²) in [5.41, 5.74) is 3.39. The molecule has 2 aromatic carbocycles. The summed E-state index contributed by atoms with van der Waals surface area (Å²) in [5, 5.41) is 1.19. The molecule has 0 aliphatic rings. The molecule has 3 aromatic rings. The first-order chi connectivity index (χ1) is 14.5. The molecule has 158 valence electrons. The van der Waals surface area contributed by atoms with Gasteiger partial charge in [-0.15, -0.1) is 0 Å². The summed E-state index contributed by atoms with van der Waals surface area (Å²) in [7, 11) is 0. The lowest BCUT2D eigenvalue weighted by molar-refractivity contribution is -0.142. The monoisotopic (exact) mass is 405 g/mol. The van der Waals surface area contributed by atoms with Crippen molar-refractivity contribution >= 4 is 22.7 Å². The van der Waals surface area contributed by atoms with E-state index in [1.807, 2.05) is 74.3 Å². The van der Waals surface area contributed by atoms with Crippen molar-refractivity contribution in [3.63, 3.8) is 0 Å². The average Bonchev–Trinajstić information content (AvgIpc) is 3.18. The minimum absolute atomic E-state index is 0.00593. The summed E-state index contributed by atoms with van der Waals surface area (Å²) in [6.07, 6.45) is 3.18. The Hall–Kier alpha value is -3.08. The van der Waals surface area contributed by atoms with Crippen LogP contribution in [0.3, 0.4) is 0 Å². The Bertz CT molecular complexity index is 978. The van der Waals surface area contributed by atoms with Crippen LogP contribution < -0.4 is 0 Å². The topological polar surface area (TPSA) is 56.4 Å². The van der Waals surface area contributed by atoms with Crippen LogP contribution in [0.2, 0.25) is 0 Å². The zero-order valence-electron chi connectivity index (χ0n) is 18.1. The molecule has 5 nitrogen and oxygen atoms in total. The van der Waals surface area contributed by atoms with Gasteiger partial charge < -0.3 is 14.8 Å². The van der Waals surface area contributed by atoms with Crippen molar-refractivity contribution < 1.29 is 9.59 Å². The number of amides is 2. The molecule has 1 N–H and O–H groups in total. The van der Waals surface area contributed by atoms with E-state index in [1.54, 1.807) is 4.90 Å². The van der Waals surface area contributed by atoms with Crippen molar-refractivity contribution in [3.05, 3.63) is 71.9 Å². The lowest BCUT2D eigenvalue weighted by Crippen LogP contribution is -2.46. The molecule has 0 atom stereocenters. The van der Waals surface area contributed by atoms with E-state index >= 15 is 0 Å². The molecule has 5 heteroatoms. The number of aromatic amines is 1. The third kappa shape index (κ3) is 5.29. The minimum atomic E-state index is -0.0193. The number of benzene rings is 2. The molecule has 0 bridgehead atoms. The minimum Gasteiger partial charge on any atom is -0.361 e. The maximum Gasteiger partial charge on any atom is 0.242 e. The van der Waals surface area contributed by atoms with Gasteiger partial charge in [-0.2, -0.15) is 0 Å². The number of nitrogens with zero attached hydrogens (tertiary/aromatic N) is 2. The number of fused-ring (bicyclic) bond motifs is 1. The average molecular weight is 406 g/mol. The van der Waals surface area contributed by atoms with E-state index < -0.39 is 0 Å². The van der Waals surface area contributed by atoms with Gasteiger partial charge in [0.05, 0.1) is 6.54 Å². The molecule has 0 spiro atoms. The van der Waals surface area contributed by atoms with Gasteiger partial charge in [-0.25, -0.2) is 0 Å². The molecule has 1 heterocycles. The van der Waals surface area contributed by atoms with Gasteiger partial charge in [0, 0.05) is 42.7 Å². The number of rotatable bonds is 9. The van der Waals surface area contributed by atoms with E-state index in [4.69, 9.17) is 0 Å². The van der Waals surface area contributed by atoms with Crippen molar-refractivity contribution in [2.75, 3.05) is 13.1 Å². The Kier molecular flexibility index (Phi) is 7.28. The van der Waals surface area contributed by atoms with E-state index in [0.717, 1.165) is 17.5 Å². The van der Waals surface area contributed by atoms with Crippen LogP contribution in [-0.2, 0) is 22.6 Å². The Morgan fingerprint density at radius 3 is 2.37 bits per heavy atom. The highest BCUT2D eigenvalue weighted by atomic mass is 16.2. The molecule has 0 saturated heterocycles. The van der Waals surface area contributed by atoms with E-state index in [2.05, 4.69) is 17.1 Å². The van der Waals surface area contributed by atoms with Crippen molar-refractivity contribution in [1.29, 1.82) is 0 Å². The number of hydrogen-bond donors (Lipinski definition) is 1. The van der Waals surface area contributed by atoms with Crippen molar-refractivity contribution in [2.24, 2.45) is 0 Å². The third-order valence-corrected chi connectivity index (χ3v) is 5.45. The first-order valence-electron chi connectivity index (χ1n) is 10.7. The van der Waals surface area contributed by atoms with E-state index in [0.29, 0.717) is 19.5 Å². The van der Waals surface area contributed by atoms with Crippen LogP contribution in [0.1, 0.15) is 38.3 Å². The molecule has 0 aliphatic carbocycles. The normalized spacial score (nSPS) is 11.1. The second-order valence-corrected chi connectivity index (χ2v) is 7.88.